The van der Waals surface area contributed by atoms with E-state index < -0.39 is 0 Å². The van der Waals surface area contributed by atoms with Crippen LogP contribution in [0.5, 0.6) is 0 Å². The molecule has 1 aliphatic heterocycles. The van der Waals surface area contributed by atoms with Gasteiger partial charge in [-0.3, -0.25) is 0 Å². The predicted molar refractivity (Wildman–Crippen MR) is 61.7 cm³/mol. The summed E-state index contributed by atoms with van der Waals surface area (Å²) in [5.41, 5.74) is 0. The van der Waals surface area contributed by atoms with E-state index in [1.54, 1.807) is 0 Å². The fourth-order valence-electron chi connectivity index (χ4n) is 0.801. The van der Waals surface area contributed by atoms with E-state index in [0.29, 0.717) is 0 Å². The zero-order valence-corrected chi connectivity index (χ0v) is 9.89. The Morgan fingerprint density at radius 2 is 1.80 bits per heavy atom. The first-order valence-electron chi connectivity index (χ1n) is 3.19. The summed E-state index contributed by atoms with van der Waals surface area (Å²) in [6, 6.07) is 0. The quantitative estimate of drug-likeness (QED) is 0.663. The Balaban J connectivity index is 2.44. The lowest BCUT2D eigenvalue weighted by atomic mass is 10.5. The van der Waals surface area contributed by atoms with Crippen LogP contribution in [0.2, 0.25) is 0 Å². The van der Waals surface area contributed by atoms with Gasteiger partial charge in [-0.15, -0.1) is 29.7 Å². The Morgan fingerprint density at radius 1 is 1.30 bits per heavy atom. The number of hydrogen-bond donors (Lipinski definition) is 0. The van der Waals surface area contributed by atoms with Crippen molar-refractivity contribution in [2.45, 2.75) is 5.25 Å². The van der Waals surface area contributed by atoms with Crippen LogP contribution in [0.25, 0.3) is 0 Å². The molecule has 1 fully saturated rings. The highest BCUT2D eigenvalue weighted by Crippen LogP contribution is 2.70. The van der Waals surface area contributed by atoms with Crippen molar-refractivity contribution in [3.63, 3.8) is 0 Å². The standard InChI is InChI=1S/C6H14S4/c1-7-10(3,8-2)6-4-9-5-6/h6H,4-5H2,1-3H3. The van der Waals surface area contributed by atoms with E-state index in [4.69, 9.17) is 0 Å². The molecule has 1 saturated heterocycles. The van der Waals surface area contributed by atoms with Crippen LogP contribution in [-0.4, -0.2) is 35.5 Å². The second-order valence-corrected chi connectivity index (χ2v) is 13.2. The van der Waals surface area contributed by atoms with Crippen molar-refractivity contribution in [1.82, 2.24) is 0 Å². The van der Waals surface area contributed by atoms with Gasteiger partial charge in [-0.1, -0.05) is 0 Å². The predicted octanol–water partition coefficient (Wildman–Crippen LogP) is 3.09. The molecule has 1 rings (SSSR count). The zero-order valence-electron chi connectivity index (χ0n) is 6.62. The van der Waals surface area contributed by atoms with Gasteiger partial charge in [-0.2, -0.15) is 11.8 Å². The zero-order chi connectivity index (χ0) is 7.61. The van der Waals surface area contributed by atoms with E-state index in [9.17, 15) is 0 Å². The second kappa shape index (κ2) is 3.87. The molecule has 0 unspecified atom stereocenters. The molecule has 1 heterocycles. The Bertz CT molecular complexity index is 106. The van der Waals surface area contributed by atoms with Crippen LogP contribution >= 0.6 is 41.4 Å². The van der Waals surface area contributed by atoms with Crippen LogP contribution in [0.1, 0.15) is 0 Å². The van der Waals surface area contributed by atoms with Crippen LogP contribution < -0.4 is 0 Å². The molecule has 0 N–H and O–H groups in total. The molecule has 0 radical (unpaired) electrons. The summed E-state index contributed by atoms with van der Waals surface area (Å²) in [6.45, 7) is 0. The lowest BCUT2D eigenvalue weighted by molar-refractivity contribution is 1.08. The van der Waals surface area contributed by atoms with E-state index in [-0.39, 0.29) is 8.09 Å². The van der Waals surface area contributed by atoms with Gasteiger partial charge in [0, 0.05) is 16.8 Å². The van der Waals surface area contributed by atoms with Crippen LogP contribution in [0.15, 0.2) is 0 Å². The Labute approximate surface area is 76.8 Å². The highest BCUT2D eigenvalue weighted by molar-refractivity contribution is 9.24. The van der Waals surface area contributed by atoms with Gasteiger partial charge >= 0.3 is 0 Å². The number of rotatable bonds is 3. The Morgan fingerprint density at radius 3 is 1.90 bits per heavy atom. The number of thioether (sulfide) groups is 1. The van der Waals surface area contributed by atoms with Gasteiger partial charge in [0.05, 0.1) is 0 Å². The third kappa shape index (κ3) is 1.76. The summed E-state index contributed by atoms with van der Waals surface area (Å²) < 4.78 is 0. The van der Waals surface area contributed by atoms with Gasteiger partial charge in [0.1, 0.15) is 0 Å². The first-order valence-corrected chi connectivity index (χ1v) is 9.93. The minimum absolute atomic E-state index is 0.344. The average Bonchev–Trinajstić information content (AvgIpc) is 1.84. The molecular formula is C6H14S4. The first-order chi connectivity index (χ1) is 4.73. The van der Waals surface area contributed by atoms with Crippen molar-refractivity contribution in [3.8, 4) is 0 Å². The van der Waals surface area contributed by atoms with E-state index in [2.05, 4.69) is 52.1 Å². The van der Waals surface area contributed by atoms with Crippen molar-refractivity contribution < 1.29 is 0 Å². The molecule has 0 saturated carbocycles. The summed E-state index contributed by atoms with van der Waals surface area (Å²) in [7, 11) is 3.83. The number of hydrogen-bond acceptors (Lipinski definition) is 3. The molecule has 0 aromatic heterocycles. The molecule has 0 nitrogen and oxygen atoms in total. The van der Waals surface area contributed by atoms with Crippen molar-refractivity contribution in [3.05, 3.63) is 0 Å². The monoisotopic (exact) mass is 214 g/mol. The normalized spacial score (nSPS) is 22.3. The molecule has 0 bridgehead atoms. The van der Waals surface area contributed by atoms with E-state index >= 15 is 0 Å². The van der Waals surface area contributed by atoms with Crippen molar-refractivity contribution in [1.29, 1.82) is 0 Å². The lowest BCUT2D eigenvalue weighted by Crippen LogP contribution is -2.27. The average molecular weight is 214 g/mol. The summed E-state index contributed by atoms with van der Waals surface area (Å²) in [5, 5.41) is 1.03. The molecule has 62 valence electrons. The van der Waals surface area contributed by atoms with Crippen LogP contribution in [0.3, 0.4) is 0 Å². The molecule has 10 heavy (non-hydrogen) atoms. The molecule has 0 spiro atoms. The summed E-state index contributed by atoms with van der Waals surface area (Å²) in [5.74, 6) is 2.82. The Hall–Kier alpha value is 1.40. The van der Waals surface area contributed by atoms with Crippen LogP contribution in [0, 0.1) is 0 Å². The topological polar surface area (TPSA) is 0 Å². The molecule has 0 atom stereocenters. The lowest BCUT2D eigenvalue weighted by Gasteiger charge is -2.44. The highest BCUT2D eigenvalue weighted by Gasteiger charge is 2.32. The third-order valence-electron chi connectivity index (χ3n) is 1.87. The fourth-order valence-corrected chi connectivity index (χ4v) is 9.73. The SMILES string of the molecule is CSS(C)(SC)C1CSC1. The second-order valence-electron chi connectivity index (χ2n) is 2.32. The van der Waals surface area contributed by atoms with E-state index in [0.717, 1.165) is 5.25 Å². The molecule has 0 amide bonds. The molecule has 0 aliphatic carbocycles. The maximum absolute atomic E-state index is 2.45. The third-order valence-corrected chi connectivity index (χ3v) is 14.5. The summed E-state index contributed by atoms with van der Waals surface area (Å²) in [6.07, 6.45) is 6.97. The van der Waals surface area contributed by atoms with Crippen LogP contribution in [0.4, 0.5) is 0 Å². The minimum atomic E-state index is -0.344. The molecule has 0 aromatic rings. The minimum Gasteiger partial charge on any atom is -0.160 e. The first kappa shape index (κ1) is 9.49. The van der Waals surface area contributed by atoms with Gasteiger partial charge in [0.25, 0.3) is 0 Å². The van der Waals surface area contributed by atoms with Crippen LogP contribution in [-0.2, 0) is 0 Å². The van der Waals surface area contributed by atoms with Crippen molar-refractivity contribution in [2.75, 3.05) is 30.3 Å². The summed E-state index contributed by atoms with van der Waals surface area (Å²) >= 11 is 2.10. The Kier molecular flexibility index (Phi) is 3.68. The largest absolute Gasteiger partial charge is 0.160 e. The maximum Gasteiger partial charge on any atom is 0.0240 e. The van der Waals surface area contributed by atoms with Crippen molar-refractivity contribution >= 4 is 41.4 Å². The molecule has 4 heteroatoms. The van der Waals surface area contributed by atoms with Gasteiger partial charge < -0.3 is 0 Å². The van der Waals surface area contributed by atoms with E-state index in [1.807, 2.05) is 0 Å². The van der Waals surface area contributed by atoms with E-state index in [1.165, 1.54) is 11.5 Å². The highest BCUT2D eigenvalue weighted by atomic mass is 33.6. The maximum atomic E-state index is 2.45. The summed E-state index contributed by atoms with van der Waals surface area (Å²) in [4.78, 5) is 0. The van der Waals surface area contributed by atoms with Gasteiger partial charge in [0.2, 0.25) is 0 Å². The molecule has 1 aliphatic rings. The fraction of sp³-hybridized carbons (Fsp3) is 1.00. The van der Waals surface area contributed by atoms with Gasteiger partial charge in [-0.25, -0.2) is 0 Å². The van der Waals surface area contributed by atoms with Crippen molar-refractivity contribution in [2.24, 2.45) is 0 Å². The molecule has 0 aromatic carbocycles. The molecular weight excluding hydrogens is 200 g/mol. The van der Waals surface area contributed by atoms with Gasteiger partial charge in [-0.05, 0) is 18.8 Å². The smallest absolute Gasteiger partial charge is 0.0240 e. The van der Waals surface area contributed by atoms with Gasteiger partial charge in [0.15, 0.2) is 0 Å².